The number of likely N-dealkylation sites (tertiary alicyclic amines) is 1. The highest BCUT2D eigenvalue weighted by molar-refractivity contribution is 5.87. The van der Waals surface area contributed by atoms with Gasteiger partial charge >= 0.3 is 18.0 Å². The number of hydrogen-bond donors (Lipinski definition) is 3. The van der Waals surface area contributed by atoms with E-state index in [0.29, 0.717) is 13.1 Å². The molecule has 7 heteroatoms. The van der Waals surface area contributed by atoms with Crippen LogP contribution in [0.1, 0.15) is 41.1 Å². The molecular formula is C16H20N2O5. The second-order valence-corrected chi connectivity index (χ2v) is 5.59. The molecule has 1 heterocycles. The summed E-state index contributed by atoms with van der Waals surface area (Å²) in [5.41, 5.74) is 1.15. The second-order valence-electron chi connectivity index (χ2n) is 5.59. The van der Waals surface area contributed by atoms with Gasteiger partial charge in [-0.15, -0.1) is 0 Å². The molecule has 1 aliphatic heterocycles. The second kappa shape index (κ2) is 7.62. The van der Waals surface area contributed by atoms with Crippen molar-refractivity contribution in [2.75, 3.05) is 19.6 Å². The minimum absolute atomic E-state index is 0.0910. The van der Waals surface area contributed by atoms with Gasteiger partial charge in [-0.1, -0.05) is 12.1 Å². The average molecular weight is 320 g/mol. The van der Waals surface area contributed by atoms with E-state index in [2.05, 4.69) is 5.32 Å². The number of nitrogens with zero attached hydrogens (tertiary/aromatic N) is 1. The minimum Gasteiger partial charge on any atom is -0.481 e. The quantitative estimate of drug-likeness (QED) is 0.766. The summed E-state index contributed by atoms with van der Waals surface area (Å²) in [6.45, 7) is 1.22. The fourth-order valence-corrected chi connectivity index (χ4v) is 2.75. The van der Waals surface area contributed by atoms with Gasteiger partial charge in [-0.2, -0.15) is 0 Å². The molecule has 3 N–H and O–H groups in total. The fourth-order valence-electron chi connectivity index (χ4n) is 2.75. The number of urea groups is 1. The smallest absolute Gasteiger partial charge is 0.335 e. The maximum atomic E-state index is 12.1. The van der Waals surface area contributed by atoms with Crippen molar-refractivity contribution in [3.05, 3.63) is 35.4 Å². The summed E-state index contributed by atoms with van der Waals surface area (Å²) < 4.78 is 0. The zero-order valence-electron chi connectivity index (χ0n) is 12.7. The number of benzene rings is 1. The predicted molar refractivity (Wildman–Crippen MR) is 82.6 cm³/mol. The lowest BCUT2D eigenvalue weighted by atomic mass is 9.90. The molecule has 0 unspecified atom stereocenters. The van der Waals surface area contributed by atoms with Crippen LogP contribution >= 0.6 is 0 Å². The van der Waals surface area contributed by atoms with E-state index in [1.165, 1.54) is 0 Å². The first-order valence-corrected chi connectivity index (χ1v) is 7.55. The number of carboxylic acids is 2. The lowest BCUT2D eigenvalue weighted by Crippen LogP contribution is -2.45. The molecule has 2 amide bonds. The van der Waals surface area contributed by atoms with Crippen LogP contribution in [0, 0.1) is 0 Å². The standard InChI is InChI=1S/C16H20N2O5/c19-14(20)6-7-17-16(23)18-8-2-5-13(10-18)11-3-1-4-12(9-11)15(21)22/h1,3-4,9,13H,2,5-8,10H2,(H,17,23)(H,19,20)(H,21,22)/t13-/m0/s1. The number of amides is 2. The van der Waals surface area contributed by atoms with E-state index in [1.54, 1.807) is 23.1 Å². The van der Waals surface area contributed by atoms with Crippen LogP contribution in [0.25, 0.3) is 0 Å². The van der Waals surface area contributed by atoms with Crippen molar-refractivity contribution in [2.24, 2.45) is 0 Å². The number of aromatic carboxylic acids is 1. The topological polar surface area (TPSA) is 107 Å². The van der Waals surface area contributed by atoms with Gasteiger partial charge in [0.05, 0.1) is 12.0 Å². The first-order chi connectivity index (χ1) is 11.0. The monoisotopic (exact) mass is 320 g/mol. The molecule has 1 atom stereocenters. The van der Waals surface area contributed by atoms with Crippen LogP contribution in [0.5, 0.6) is 0 Å². The van der Waals surface area contributed by atoms with Crippen molar-refractivity contribution in [3.8, 4) is 0 Å². The number of rotatable bonds is 5. The molecule has 0 bridgehead atoms. The predicted octanol–water partition coefficient (Wildman–Crippen LogP) is 1.75. The fraction of sp³-hybridized carbons (Fsp3) is 0.438. The number of carbonyl (C=O) groups excluding carboxylic acids is 1. The van der Waals surface area contributed by atoms with E-state index in [9.17, 15) is 14.4 Å². The minimum atomic E-state index is -0.967. The molecule has 0 aromatic heterocycles. The Morgan fingerprint density at radius 3 is 2.74 bits per heavy atom. The Hall–Kier alpha value is -2.57. The van der Waals surface area contributed by atoms with Gasteiger partial charge in [-0.25, -0.2) is 9.59 Å². The first-order valence-electron chi connectivity index (χ1n) is 7.55. The molecule has 1 fully saturated rings. The molecule has 1 aromatic carbocycles. The van der Waals surface area contributed by atoms with Crippen LogP contribution in [-0.2, 0) is 4.79 Å². The van der Waals surface area contributed by atoms with Gasteiger partial charge in [0.25, 0.3) is 0 Å². The number of hydrogen-bond acceptors (Lipinski definition) is 3. The van der Waals surface area contributed by atoms with Crippen molar-refractivity contribution in [2.45, 2.75) is 25.2 Å². The molecule has 23 heavy (non-hydrogen) atoms. The third-order valence-corrected chi connectivity index (χ3v) is 3.93. The zero-order valence-corrected chi connectivity index (χ0v) is 12.7. The first kappa shape index (κ1) is 16.8. The molecule has 2 rings (SSSR count). The van der Waals surface area contributed by atoms with Crippen LogP contribution in [0.4, 0.5) is 4.79 Å². The Balaban J connectivity index is 1.97. The van der Waals surface area contributed by atoms with Gasteiger partial charge < -0.3 is 20.4 Å². The summed E-state index contributed by atoms with van der Waals surface area (Å²) in [7, 11) is 0. The van der Waals surface area contributed by atoms with Gasteiger partial charge in [-0.3, -0.25) is 4.79 Å². The zero-order chi connectivity index (χ0) is 16.8. The van der Waals surface area contributed by atoms with Crippen molar-refractivity contribution in [1.82, 2.24) is 10.2 Å². The van der Waals surface area contributed by atoms with E-state index >= 15 is 0 Å². The van der Waals surface area contributed by atoms with Gasteiger partial charge in [0.2, 0.25) is 0 Å². The number of carbonyl (C=O) groups is 3. The molecule has 0 aliphatic carbocycles. The van der Waals surface area contributed by atoms with Crippen LogP contribution in [0.15, 0.2) is 24.3 Å². The number of aliphatic carboxylic acids is 1. The molecule has 1 saturated heterocycles. The van der Waals surface area contributed by atoms with Gasteiger partial charge in [-0.05, 0) is 30.5 Å². The number of carboxylic acid groups (broad SMARTS) is 2. The lowest BCUT2D eigenvalue weighted by molar-refractivity contribution is -0.136. The Morgan fingerprint density at radius 2 is 2.04 bits per heavy atom. The highest BCUT2D eigenvalue weighted by Gasteiger charge is 2.25. The summed E-state index contributed by atoms with van der Waals surface area (Å²) in [6.07, 6.45) is 1.61. The highest BCUT2D eigenvalue weighted by atomic mass is 16.4. The van der Waals surface area contributed by atoms with Gasteiger partial charge in [0.1, 0.15) is 0 Å². The van der Waals surface area contributed by atoms with Crippen LogP contribution in [0.2, 0.25) is 0 Å². The maximum Gasteiger partial charge on any atom is 0.335 e. The largest absolute Gasteiger partial charge is 0.481 e. The van der Waals surface area contributed by atoms with Crippen molar-refractivity contribution < 1.29 is 24.6 Å². The Morgan fingerprint density at radius 1 is 1.26 bits per heavy atom. The summed E-state index contributed by atoms with van der Waals surface area (Å²) in [6, 6.07) is 6.52. The van der Waals surface area contributed by atoms with Gasteiger partial charge in [0, 0.05) is 25.6 Å². The SMILES string of the molecule is O=C(O)CCNC(=O)N1CCC[C@H](c2cccc(C(=O)O)c2)C1. The Labute approximate surface area is 133 Å². The molecule has 1 aromatic rings. The Kier molecular flexibility index (Phi) is 5.56. The summed E-state index contributed by atoms with van der Waals surface area (Å²) >= 11 is 0. The molecule has 0 saturated carbocycles. The van der Waals surface area contributed by atoms with Crippen molar-refractivity contribution >= 4 is 18.0 Å². The van der Waals surface area contributed by atoms with Crippen LogP contribution in [0.3, 0.4) is 0 Å². The van der Waals surface area contributed by atoms with E-state index in [-0.39, 0.29) is 30.5 Å². The number of piperidine rings is 1. The van der Waals surface area contributed by atoms with Gasteiger partial charge in [0.15, 0.2) is 0 Å². The van der Waals surface area contributed by atoms with E-state index in [1.807, 2.05) is 6.07 Å². The normalized spacial score (nSPS) is 17.6. The molecule has 0 radical (unpaired) electrons. The van der Waals surface area contributed by atoms with E-state index in [4.69, 9.17) is 10.2 Å². The molecule has 1 aliphatic rings. The third kappa shape index (κ3) is 4.70. The third-order valence-electron chi connectivity index (χ3n) is 3.93. The van der Waals surface area contributed by atoms with Crippen LogP contribution in [-0.4, -0.2) is 52.7 Å². The highest BCUT2D eigenvalue weighted by Crippen LogP contribution is 2.27. The molecule has 124 valence electrons. The summed E-state index contributed by atoms with van der Waals surface area (Å²) in [5, 5.41) is 20.3. The average Bonchev–Trinajstić information content (AvgIpc) is 2.54. The summed E-state index contributed by atoms with van der Waals surface area (Å²) in [4.78, 5) is 35.2. The maximum absolute atomic E-state index is 12.1. The number of nitrogens with one attached hydrogen (secondary N) is 1. The van der Waals surface area contributed by atoms with Crippen molar-refractivity contribution in [3.63, 3.8) is 0 Å². The lowest BCUT2D eigenvalue weighted by Gasteiger charge is -2.33. The van der Waals surface area contributed by atoms with Crippen molar-refractivity contribution in [1.29, 1.82) is 0 Å². The van der Waals surface area contributed by atoms with E-state index in [0.717, 1.165) is 18.4 Å². The molecule has 0 spiro atoms. The molecule has 7 nitrogen and oxygen atoms in total. The Bertz CT molecular complexity index is 602. The molecular weight excluding hydrogens is 300 g/mol. The van der Waals surface area contributed by atoms with Crippen LogP contribution < -0.4 is 5.32 Å². The summed E-state index contributed by atoms with van der Waals surface area (Å²) in [5.74, 6) is -1.83. The van der Waals surface area contributed by atoms with E-state index < -0.39 is 11.9 Å².